The highest BCUT2D eigenvalue weighted by molar-refractivity contribution is 5.95. The van der Waals surface area contributed by atoms with Crippen molar-refractivity contribution in [1.82, 2.24) is 5.32 Å². The lowest BCUT2D eigenvalue weighted by molar-refractivity contribution is 0.0952. The summed E-state index contributed by atoms with van der Waals surface area (Å²) >= 11 is 0. The monoisotopic (exact) mass is 345 g/mol. The minimum atomic E-state index is -0.0257. The van der Waals surface area contributed by atoms with E-state index in [9.17, 15) is 9.90 Å². The van der Waals surface area contributed by atoms with Gasteiger partial charge < -0.3 is 10.4 Å². The van der Waals surface area contributed by atoms with Crippen LogP contribution in [-0.2, 0) is 12.8 Å². The number of phenolic OH excluding ortho intramolecular Hbond substituents is 1. The molecule has 26 heavy (non-hydrogen) atoms. The molecule has 1 amide bonds. The van der Waals surface area contributed by atoms with E-state index in [-0.39, 0.29) is 11.7 Å². The van der Waals surface area contributed by atoms with Crippen molar-refractivity contribution >= 4 is 5.91 Å². The molecule has 0 aromatic heterocycles. The summed E-state index contributed by atoms with van der Waals surface area (Å²) in [6, 6.07) is 25.1. The summed E-state index contributed by atoms with van der Waals surface area (Å²) in [7, 11) is 0. The predicted molar refractivity (Wildman–Crippen MR) is 104 cm³/mol. The fraction of sp³-hybridized carbons (Fsp3) is 0.174. The number of benzene rings is 3. The molecule has 0 aliphatic heterocycles. The molecule has 3 nitrogen and oxygen atoms in total. The molecule has 3 rings (SSSR count). The fourth-order valence-corrected chi connectivity index (χ4v) is 2.96. The van der Waals surface area contributed by atoms with Crippen molar-refractivity contribution in [2.75, 3.05) is 6.54 Å². The van der Waals surface area contributed by atoms with E-state index in [1.807, 2.05) is 54.6 Å². The van der Waals surface area contributed by atoms with E-state index in [4.69, 9.17) is 0 Å². The van der Waals surface area contributed by atoms with E-state index in [1.54, 1.807) is 12.1 Å². The van der Waals surface area contributed by atoms with Crippen LogP contribution in [-0.4, -0.2) is 17.6 Å². The second-order valence-corrected chi connectivity index (χ2v) is 6.35. The molecule has 132 valence electrons. The molecule has 0 atom stereocenters. The van der Waals surface area contributed by atoms with E-state index >= 15 is 0 Å². The molecular formula is C23H23NO2. The van der Waals surface area contributed by atoms with Crippen LogP contribution in [0.15, 0.2) is 78.9 Å². The van der Waals surface area contributed by atoms with Crippen LogP contribution in [0.4, 0.5) is 0 Å². The van der Waals surface area contributed by atoms with Gasteiger partial charge in [0.1, 0.15) is 5.75 Å². The van der Waals surface area contributed by atoms with E-state index in [2.05, 4.69) is 17.4 Å². The van der Waals surface area contributed by atoms with Crippen LogP contribution in [0.5, 0.6) is 5.75 Å². The van der Waals surface area contributed by atoms with E-state index in [1.165, 1.54) is 5.56 Å². The van der Waals surface area contributed by atoms with Crippen molar-refractivity contribution in [2.24, 2.45) is 0 Å². The van der Waals surface area contributed by atoms with Crippen molar-refractivity contribution in [2.45, 2.75) is 19.3 Å². The number of aromatic hydroxyl groups is 1. The third-order valence-electron chi connectivity index (χ3n) is 4.36. The van der Waals surface area contributed by atoms with Crippen LogP contribution in [0.25, 0.3) is 0 Å². The molecule has 0 aliphatic carbocycles. The average molecular weight is 345 g/mol. The van der Waals surface area contributed by atoms with Gasteiger partial charge in [0, 0.05) is 12.1 Å². The van der Waals surface area contributed by atoms with E-state index < -0.39 is 0 Å². The van der Waals surface area contributed by atoms with Gasteiger partial charge >= 0.3 is 0 Å². The molecule has 0 unspecified atom stereocenters. The van der Waals surface area contributed by atoms with Gasteiger partial charge in [0.25, 0.3) is 5.91 Å². The largest absolute Gasteiger partial charge is 0.508 e. The Morgan fingerprint density at radius 2 is 1.50 bits per heavy atom. The molecule has 0 bridgehead atoms. The highest BCUT2D eigenvalue weighted by Crippen LogP contribution is 2.15. The van der Waals surface area contributed by atoms with Crippen molar-refractivity contribution in [3.8, 4) is 5.75 Å². The molecular weight excluding hydrogens is 322 g/mol. The van der Waals surface area contributed by atoms with Crippen LogP contribution in [0.1, 0.15) is 33.5 Å². The Bertz CT molecular complexity index is 842. The maximum Gasteiger partial charge on any atom is 0.251 e. The predicted octanol–water partition coefficient (Wildman–Crippen LogP) is 4.35. The Labute approximate surface area is 154 Å². The first kappa shape index (κ1) is 17.7. The van der Waals surface area contributed by atoms with Gasteiger partial charge in [0.05, 0.1) is 0 Å². The van der Waals surface area contributed by atoms with Gasteiger partial charge in [-0.1, -0.05) is 60.7 Å². The van der Waals surface area contributed by atoms with Gasteiger partial charge in [-0.2, -0.15) is 0 Å². The van der Waals surface area contributed by atoms with Gasteiger partial charge in [-0.3, -0.25) is 4.79 Å². The number of amides is 1. The number of hydrogen-bond acceptors (Lipinski definition) is 2. The first-order valence-corrected chi connectivity index (χ1v) is 8.90. The summed E-state index contributed by atoms with van der Waals surface area (Å²) in [5.41, 5.74) is 4.12. The maximum absolute atomic E-state index is 12.6. The molecule has 3 heteroatoms. The van der Waals surface area contributed by atoms with Crippen LogP contribution >= 0.6 is 0 Å². The molecule has 0 heterocycles. The number of carbonyl (C=O) groups is 1. The van der Waals surface area contributed by atoms with Crippen molar-refractivity contribution in [1.29, 1.82) is 0 Å². The molecule has 0 aliphatic rings. The number of hydrogen-bond donors (Lipinski definition) is 2. The highest BCUT2D eigenvalue weighted by atomic mass is 16.3. The lowest BCUT2D eigenvalue weighted by atomic mass is 9.99. The zero-order valence-corrected chi connectivity index (χ0v) is 14.7. The van der Waals surface area contributed by atoms with E-state index in [0.29, 0.717) is 6.54 Å². The van der Waals surface area contributed by atoms with Crippen LogP contribution in [0, 0.1) is 0 Å². The quantitative estimate of drug-likeness (QED) is 0.626. The fourth-order valence-electron chi connectivity index (χ4n) is 2.96. The number of carbonyl (C=O) groups excluding carboxylic acids is 1. The molecule has 0 saturated heterocycles. The molecule has 0 radical (unpaired) electrons. The minimum absolute atomic E-state index is 0.0257. The standard InChI is InChI=1S/C23H23NO2/c25-21-14-12-18(13-15-21)9-6-16-24-23(26)22-11-5-4-10-20(22)17-19-7-2-1-3-8-19/h1-5,7-8,10-15,25H,6,9,16-17H2,(H,24,26). The summed E-state index contributed by atoms with van der Waals surface area (Å²) < 4.78 is 0. The molecule has 3 aromatic rings. The van der Waals surface area contributed by atoms with Gasteiger partial charge in [-0.05, 0) is 54.2 Å². The molecule has 0 fully saturated rings. The zero-order valence-electron chi connectivity index (χ0n) is 14.7. The van der Waals surface area contributed by atoms with Crippen molar-refractivity contribution in [3.63, 3.8) is 0 Å². The Kier molecular flexibility index (Phi) is 6.05. The molecule has 0 spiro atoms. The molecule has 2 N–H and O–H groups in total. The molecule has 3 aromatic carbocycles. The number of rotatable bonds is 7. The van der Waals surface area contributed by atoms with Gasteiger partial charge in [0.15, 0.2) is 0 Å². The summed E-state index contributed by atoms with van der Waals surface area (Å²) in [4.78, 5) is 12.6. The van der Waals surface area contributed by atoms with Gasteiger partial charge in [-0.15, -0.1) is 0 Å². The SMILES string of the molecule is O=C(NCCCc1ccc(O)cc1)c1ccccc1Cc1ccccc1. The highest BCUT2D eigenvalue weighted by Gasteiger charge is 2.10. The topological polar surface area (TPSA) is 49.3 Å². The second-order valence-electron chi connectivity index (χ2n) is 6.35. The summed E-state index contributed by atoms with van der Waals surface area (Å²) in [5, 5.41) is 12.3. The number of nitrogens with one attached hydrogen (secondary N) is 1. The maximum atomic E-state index is 12.6. The molecule has 0 saturated carbocycles. The Morgan fingerprint density at radius 3 is 2.27 bits per heavy atom. The lowest BCUT2D eigenvalue weighted by Crippen LogP contribution is -2.25. The van der Waals surface area contributed by atoms with Gasteiger partial charge in [0.2, 0.25) is 0 Å². The summed E-state index contributed by atoms with van der Waals surface area (Å²) in [5.74, 6) is 0.249. The van der Waals surface area contributed by atoms with Crippen molar-refractivity contribution in [3.05, 3.63) is 101 Å². The second kappa shape index (κ2) is 8.86. The smallest absolute Gasteiger partial charge is 0.251 e. The van der Waals surface area contributed by atoms with Crippen LogP contribution < -0.4 is 5.32 Å². The van der Waals surface area contributed by atoms with Crippen LogP contribution in [0.3, 0.4) is 0 Å². The number of aryl methyl sites for hydroxylation is 1. The normalized spacial score (nSPS) is 10.5. The van der Waals surface area contributed by atoms with Crippen LogP contribution in [0.2, 0.25) is 0 Å². The third-order valence-corrected chi connectivity index (χ3v) is 4.36. The number of phenols is 1. The lowest BCUT2D eigenvalue weighted by Gasteiger charge is -2.10. The third kappa shape index (κ3) is 4.96. The van der Waals surface area contributed by atoms with E-state index in [0.717, 1.165) is 36.0 Å². The first-order valence-electron chi connectivity index (χ1n) is 8.90. The minimum Gasteiger partial charge on any atom is -0.508 e. The Hall–Kier alpha value is -3.07. The summed E-state index contributed by atoms with van der Waals surface area (Å²) in [6.07, 6.45) is 2.47. The van der Waals surface area contributed by atoms with Gasteiger partial charge in [-0.25, -0.2) is 0 Å². The first-order chi connectivity index (χ1) is 12.7. The Morgan fingerprint density at radius 1 is 0.808 bits per heavy atom. The zero-order chi connectivity index (χ0) is 18.2. The Balaban J connectivity index is 1.55. The average Bonchev–Trinajstić information content (AvgIpc) is 2.68. The van der Waals surface area contributed by atoms with Crippen molar-refractivity contribution < 1.29 is 9.90 Å². The summed E-state index contributed by atoms with van der Waals surface area (Å²) in [6.45, 7) is 0.624.